The molecule has 0 aliphatic heterocycles. The van der Waals surface area contributed by atoms with Gasteiger partial charge in [-0.25, -0.2) is 0 Å². The van der Waals surface area contributed by atoms with Gasteiger partial charge in [-0.05, 0) is 17.5 Å². The Bertz CT molecular complexity index is 1290. The number of nitrogens with one attached hydrogen (secondary N) is 2. The van der Waals surface area contributed by atoms with Gasteiger partial charge in [-0.2, -0.15) is 0 Å². The molecular formula is C22H14N2. The van der Waals surface area contributed by atoms with Crippen molar-refractivity contribution in [2.24, 2.45) is 0 Å². The first kappa shape index (κ1) is 12.2. The van der Waals surface area contributed by atoms with E-state index in [1.54, 1.807) is 0 Å². The molecule has 2 N–H and O–H groups in total. The van der Waals surface area contributed by atoms with Gasteiger partial charge >= 0.3 is 0 Å². The number of benzene rings is 4. The quantitative estimate of drug-likeness (QED) is 0.339. The molecule has 0 unspecified atom stereocenters. The molecular weight excluding hydrogens is 292 g/mol. The highest BCUT2D eigenvalue weighted by molar-refractivity contribution is 6.26. The van der Waals surface area contributed by atoms with E-state index in [4.69, 9.17) is 0 Å². The Morgan fingerprint density at radius 2 is 0.958 bits per heavy atom. The highest BCUT2D eigenvalue weighted by Gasteiger charge is 2.12. The van der Waals surface area contributed by atoms with E-state index in [9.17, 15) is 0 Å². The number of fused-ring (bicyclic) bond motifs is 9. The minimum atomic E-state index is 1.19. The molecule has 0 aliphatic rings. The van der Waals surface area contributed by atoms with E-state index in [2.05, 4.69) is 82.8 Å². The first-order chi connectivity index (χ1) is 11.9. The molecule has 2 heteroatoms. The second-order valence-corrected chi connectivity index (χ2v) is 6.42. The summed E-state index contributed by atoms with van der Waals surface area (Å²) in [6.07, 6.45) is 0. The second-order valence-electron chi connectivity index (χ2n) is 6.42. The summed E-state index contributed by atoms with van der Waals surface area (Å²) in [5, 5.41) is 7.66. The zero-order chi connectivity index (χ0) is 15.7. The third kappa shape index (κ3) is 1.41. The van der Waals surface area contributed by atoms with Gasteiger partial charge in [0.2, 0.25) is 0 Å². The monoisotopic (exact) mass is 306 g/mol. The summed E-state index contributed by atoms with van der Waals surface area (Å²) in [5.74, 6) is 0. The van der Waals surface area contributed by atoms with Crippen LogP contribution in [0, 0.1) is 0 Å². The van der Waals surface area contributed by atoms with Crippen LogP contribution in [0.2, 0.25) is 0 Å². The Morgan fingerprint density at radius 1 is 0.458 bits per heavy atom. The lowest BCUT2D eigenvalue weighted by Crippen LogP contribution is -1.78. The number of hydrogen-bond donors (Lipinski definition) is 2. The molecule has 112 valence electrons. The molecule has 0 fully saturated rings. The van der Waals surface area contributed by atoms with Crippen molar-refractivity contribution in [1.82, 2.24) is 9.97 Å². The van der Waals surface area contributed by atoms with Crippen molar-refractivity contribution in [2.75, 3.05) is 0 Å². The maximum absolute atomic E-state index is 3.64. The van der Waals surface area contributed by atoms with Gasteiger partial charge < -0.3 is 9.97 Å². The summed E-state index contributed by atoms with van der Waals surface area (Å²) >= 11 is 0. The summed E-state index contributed by atoms with van der Waals surface area (Å²) in [7, 11) is 0. The lowest BCUT2D eigenvalue weighted by Gasteiger charge is -2.02. The Hall–Kier alpha value is -3.26. The van der Waals surface area contributed by atoms with Crippen LogP contribution >= 0.6 is 0 Å². The number of rotatable bonds is 0. The molecule has 0 atom stereocenters. The van der Waals surface area contributed by atoms with Crippen LogP contribution in [0.25, 0.3) is 54.4 Å². The van der Waals surface area contributed by atoms with Gasteiger partial charge in [-0.3, -0.25) is 0 Å². The smallest absolute Gasteiger partial charge is 0.0565 e. The molecule has 0 spiro atoms. The van der Waals surface area contributed by atoms with Crippen LogP contribution in [0.15, 0.2) is 72.8 Å². The molecule has 0 radical (unpaired) electrons. The van der Waals surface area contributed by atoms with Crippen molar-refractivity contribution < 1.29 is 0 Å². The van der Waals surface area contributed by atoms with E-state index in [1.807, 2.05) is 0 Å². The topological polar surface area (TPSA) is 31.6 Å². The van der Waals surface area contributed by atoms with Crippen molar-refractivity contribution in [3.63, 3.8) is 0 Å². The molecule has 0 aliphatic carbocycles. The summed E-state index contributed by atoms with van der Waals surface area (Å²) in [4.78, 5) is 7.27. The van der Waals surface area contributed by atoms with E-state index >= 15 is 0 Å². The first-order valence-electron chi connectivity index (χ1n) is 8.23. The van der Waals surface area contributed by atoms with Crippen molar-refractivity contribution in [2.45, 2.75) is 0 Å². The Kier molecular flexibility index (Phi) is 2.12. The number of para-hydroxylation sites is 2. The van der Waals surface area contributed by atoms with Crippen molar-refractivity contribution >= 4 is 54.4 Å². The summed E-state index contributed by atoms with van der Waals surface area (Å²) in [5.41, 5.74) is 4.80. The van der Waals surface area contributed by atoms with Gasteiger partial charge in [0, 0.05) is 38.0 Å². The molecule has 6 aromatic rings. The molecule has 6 rings (SSSR count). The molecule has 0 saturated heterocycles. The average Bonchev–Trinajstić information content (AvgIpc) is 3.19. The minimum absolute atomic E-state index is 1.19. The molecule has 0 bridgehead atoms. The first-order valence-corrected chi connectivity index (χ1v) is 8.23. The number of hydrogen-bond acceptors (Lipinski definition) is 0. The molecule has 4 aromatic carbocycles. The average molecular weight is 306 g/mol. The lowest BCUT2D eigenvalue weighted by molar-refractivity contribution is 1.54. The maximum Gasteiger partial charge on any atom is 0.0565 e. The van der Waals surface area contributed by atoms with Gasteiger partial charge in [0.25, 0.3) is 0 Å². The van der Waals surface area contributed by atoms with Crippen LogP contribution in [-0.2, 0) is 0 Å². The van der Waals surface area contributed by atoms with Crippen LogP contribution in [0.1, 0.15) is 0 Å². The van der Waals surface area contributed by atoms with E-state index in [1.165, 1.54) is 54.4 Å². The van der Waals surface area contributed by atoms with Gasteiger partial charge in [0.1, 0.15) is 0 Å². The van der Waals surface area contributed by atoms with Crippen LogP contribution in [0.4, 0.5) is 0 Å². The maximum atomic E-state index is 3.64. The fourth-order valence-corrected chi connectivity index (χ4v) is 4.05. The van der Waals surface area contributed by atoms with E-state index in [-0.39, 0.29) is 0 Å². The Morgan fingerprint density at radius 3 is 1.50 bits per heavy atom. The SMILES string of the molecule is c1ccc2c(c1)[nH]c1c2ccc2ccc3c4ccccc4[nH]c3c21. The van der Waals surface area contributed by atoms with E-state index in [0.717, 1.165) is 0 Å². The van der Waals surface area contributed by atoms with Crippen molar-refractivity contribution in [3.8, 4) is 0 Å². The van der Waals surface area contributed by atoms with Crippen molar-refractivity contribution in [1.29, 1.82) is 0 Å². The molecule has 0 saturated carbocycles. The van der Waals surface area contributed by atoms with Gasteiger partial charge in [-0.15, -0.1) is 0 Å². The second kappa shape index (κ2) is 4.18. The Balaban J connectivity index is 1.95. The molecule has 2 heterocycles. The highest BCUT2D eigenvalue weighted by Crippen LogP contribution is 2.37. The molecule has 2 aromatic heterocycles. The van der Waals surface area contributed by atoms with Crippen LogP contribution in [0.5, 0.6) is 0 Å². The zero-order valence-corrected chi connectivity index (χ0v) is 12.9. The largest absolute Gasteiger partial charge is 0.354 e. The third-order valence-electron chi connectivity index (χ3n) is 5.14. The predicted molar refractivity (Wildman–Crippen MR) is 103 cm³/mol. The summed E-state index contributed by atoms with van der Waals surface area (Å²) in [6, 6.07) is 25.9. The summed E-state index contributed by atoms with van der Waals surface area (Å²) in [6.45, 7) is 0. The molecule has 0 amide bonds. The highest BCUT2D eigenvalue weighted by atomic mass is 14.7. The summed E-state index contributed by atoms with van der Waals surface area (Å²) < 4.78 is 0. The van der Waals surface area contributed by atoms with Gasteiger partial charge in [0.05, 0.1) is 11.0 Å². The fraction of sp³-hybridized carbons (Fsp3) is 0. The van der Waals surface area contributed by atoms with E-state index in [0.29, 0.717) is 0 Å². The third-order valence-corrected chi connectivity index (χ3v) is 5.14. The predicted octanol–water partition coefficient (Wildman–Crippen LogP) is 6.11. The lowest BCUT2D eigenvalue weighted by atomic mass is 10.0. The van der Waals surface area contributed by atoms with Gasteiger partial charge in [-0.1, -0.05) is 60.7 Å². The van der Waals surface area contributed by atoms with Gasteiger partial charge in [0.15, 0.2) is 0 Å². The van der Waals surface area contributed by atoms with Crippen LogP contribution < -0.4 is 0 Å². The molecule has 2 nitrogen and oxygen atoms in total. The minimum Gasteiger partial charge on any atom is -0.354 e. The normalized spacial score (nSPS) is 12.2. The standard InChI is InChI=1S/C22H14N2/c1-3-7-18-14(5-1)16-11-9-13-10-12-17-15-6-2-4-8-19(15)24-22(17)20(13)21(16)23-18/h1-12,23-24H. The number of H-pyrrole nitrogens is 2. The number of aromatic nitrogens is 2. The van der Waals surface area contributed by atoms with Crippen LogP contribution in [0.3, 0.4) is 0 Å². The molecule has 24 heavy (non-hydrogen) atoms. The van der Waals surface area contributed by atoms with E-state index < -0.39 is 0 Å². The zero-order valence-electron chi connectivity index (χ0n) is 12.9. The Labute approximate surface area is 137 Å². The number of aromatic amines is 2. The van der Waals surface area contributed by atoms with Crippen LogP contribution in [-0.4, -0.2) is 9.97 Å². The fourth-order valence-electron chi connectivity index (χ4n) is 4.05. The van der Waals surface area contributed by atoms with Crippen molar-refractivity contribution in [3.05, 3.63) is 72.8 Å².